The van der Waals surface area contributed by atoms with Gasteiger partial charge in [0.2, 0.25) is 5.91 Å². The third-order valence-corrected chi connectivity index (χ3v) is 5.69. The van der Waals surface area contributed by atoms with Gasteiger partial charge in [-0.1, -0.05) is 36.4 Å². The highest BCUT2D eigenvalue weighted by Crippen LogP contribution is 2.45. The molecule has 4 nitrogen and oxygen atoms in total. The molecule has 124 valence electrons. The van der Waals surface area contributed by atoms with Crippen molar-refractivity contribution in [2.24, 2.45) is 0 Å². The van der Waals surface area contributed by atoms with Crippen LogP contribution >= 0.6 is 11.8 Å². The molecular weight excluding hydrogens is 322 g/mol. The van der Waals surface area contributed by atoms with Gasteiger partial charge >= 0.3 is 0 Å². The highest BCUT2D eigenvalue weighted by Gasteiger charge is 2.38. The molecule has 0 spiro atoms. The van der Waals surface area contributed by atoms with Crippen molar-refractivity contribution >= 4 is 17.7 Å². The van der Waals surface area contributed by atoms with Crippen LogP contribution < -0.4 is 9.47 Å². The predicted octanol–water partition coefficient (Wildman–Crippen LogP) is 3.62. The van der Waals surface area contributed by atoms with Gasteiger partial charge in [0.1, 0.15) is 18.6 Å². The Kier molecular flexibility index (Phi) is 4.10. The van der Waals surface area contributed by atoms with E-state index < -0.39 is 0 Å². The third-order valence-electron chi connectivity index (χ3n) is 4.29. The Hall–Kier alpha value is -2.14. The maximum atomic E-state index is 12.6. The fourth-order valence-corrected chi connectivity index (χ4v) is 4.35. The first kappa shape index (κ1) is 15.4. The molecule has 1 amide bonds. The Bertz CT molecular complexity index is 750. The molecule has 4 rings (SSSR count). The van der Waals surface area contributed by atoms with Crippen molar-refractivity contribution in [1.29, 1.82) is 0 Å². The molecule has 2 aliphatic rings. The van der Waals surface area contributed by atoms with E-state index >= 15 is 0 Å². The van der Waals surface area contributed by atoms with Gasteiger partial charge in [0, 0.05) is 6.54 Å². The lowest BCUT2D eigenvalue weighted by atomic mass is 10.1. The second-order valence-electron chi connectivity index (χ2n) is 5.99. The first-order valence-corrected chi connectivity index (χ1v) is 9.06. The summed E-state index contributed by atoms with van der Waals surface area (Å²) in [4.78, 5) is 14.6. The fraction of sp³-hybridized carbons (Fsp3) is 0.316. The summed E-state index contributed by atoms with van der Waals surface area (Å²) in [5.41, 5.74) is 2.22. The summed E-state index contributed by atoms with van der Waals surface area (Å²) in [5, 5.41) is -0.0320. The molecule has 2 aromatic carbocycles. The molecule has 0 N–H and O–H groups in total. The second-order valence-corrected chi connectivity index (χ2v) is 7.41. The van der Waals surface area contributed by atoms with E-state index in [1.54, 1.807) is 11.8 Å². The van der Waals surface area contributed by atoms with Gasteiger partial charge in [0.05, 0.1) is 5.25 Å². The summed E-state index contributed by atoms with van der Waals surface area (Å²) in [7, 11) is 0. The average molecular weight is 341 g/mol. The second kappa shape index (κ2) is 6.40. The van der Waals surface area contributed by atoms with Crippen LogP contribution in [0, 0.1) is 0 Å². The lowest BCUT2D eigenvalue weighted by molar-refractivity contribution is -0.130. The first-order valence-electron chi connectivity index (χ1n) is 8.12. The van der Waals surface area contributed by atoms with Crippen molar-refractivity contribution in [3.8, 4) is 11.5 Å². The van der Waals surface area contributed by atoms with E-state index in [1.165, 1.54) is 0 Å². The number of amides is 1. The summed E-state index contributed by atoms with van der Waals surface area (Å²) in [6, 6.07) is 16.1. The Morgan fingerprint density at radius 3 is 2.62 bits per heavy atom. The van der Waals surface area contributed by atoms with Crippen molar-refractivity contribution in [2.45, 2.75) is 24.1 Å². The normalized spacial score (nSPS) is 22.7. The van der Waals surface area contributed by atoms with Gasteiger partial charge < -0.3 is 14.4 Å². The van der Waals surface area contributed by atoms with E-state index in [2.05, 4.69) is 12.1 Å². The van der Waals surface area contributed by atoms with Gasteiger partial charge in [-0.3, -0.25) is 4.79 Å². The summed E-state index contributed by atoms with van der Waals surface area (Å²) in [6.45, 7) is 3.75. The zero-order valence-electron chi connectivity index (χ0n) is 13.5. The van der Waals surface area contributed by atoms with Crippen LogP contribution in [-0.2, 0) is 11.3 Å². The molecule has 0 aromatic heterocycles. The van der Waals surface area contributed by atoms with Gasteiger partial charge in [0.25, 0.3) is 0 Å². The number of benzene rings is 2. The molecular formula is C19H19NO3S. The molecule has 2 aromatic rings. The summed E-state index contributed by atoms with van der Waals surface area (Å²) in [6.07, 6.45) is 0. The average Bonchev–Trinajstić information content (AvgIpc) is 2.90. The molecule has 0 unspecified atom stereocenters. The largest absolute Gasteiger partial charge is 0.486 e. The van der Waals surface area contributed by atoms with Gasteiger partial charge in [0.15, 0.2) is 11.5 Å². The minimum atomic E-state index is -0.0353. The molecule has 2 atom stereocenters. The zero-order chi connectivity index (χ0) is 16.5. The molecule has 5 heteroatoms. The maximum Gasteiger partial charge on any atom is 0.236 e. The topological polar surface area (TPSA) is 38.8 Å². The number of nitrogens with zero attached hydrogens (tertiary/aromatic N) is 1. The van der Waals surface area contributed by atoms with E-state index in [0.29, 0.717) is 19.8 Å². The molecule has 0 bridgehead atoms. The Labute approximate surface area is 145 Å². The zero-order valence-corrected chi connectivity index (χ0v) is 14.3. The highest BCUT2D eigenvalue weighted by molar-refractivity contribution is 8.01. The number of ether oxygens (including phenoxy) is 2. The number of carbonyl (C=O) groups excluding carboxylic acids is 1. The van der Waals surface area contributed by atoms with Crippen LogP contribution in [-0.4, -0.2) is 29.3 Å². The smallest absolute Gasteiger partial charge is 0.236 e. The van der Waals surface area contributed by atoms with Gasteiger partial charge in [-0.25, -0.2) is 0 Å². The van der Waals surface area contributed by atoms with Crippen LogP contribution in [0.4, 0.5) is 0 Å². The fourth-order valence-electron chi connectivity index (χ4n) is 3.09. The van der Waals surface area contributed by atoms with Gasteiger partial charge in [-0.05, 0) is 30.2 Å². The highest BCUT2D eigenvalue weighted by atomic mass is 32.2. The van der Waals surface area contributed by atoms with Gasteiger partial charge in [-0.15, -0.1) is 11.8 Å². The lowest BCUT2D eigenvalue weighted by Gasteiger charge is -2.26. The van der Waals surface area contributed by atoms with E-state index in [-0.39, 0.29) is 16.5 Å². The monoisotopic (exact) mass is 341 g/mol. The van der Waals surface area contributed by atoms with Crippen LogP contribution in [0.25, 0.3) is 0 Å². The summed E-state index contributed by atoms with van der Waals surface area (Å²) in [5.74, 6) is 1.73. The Morgan fingerprint density at radius 2 is 1.83 bits per heavy atom. The number of carbonyl (C=O) groups is 1. The summed E-state index contributed by atoms with van der Waals surface area (Å²) >= 11 is 1.68. The SMILES string of the molecule is C[C@H]1S[C@H](c2ccc3c(c2)OCCO3)N(Cc2ccccc2)C1=O. The van der Waals surface area contributed by atoms with Crippen molar-refractivity contribution in [2.75, 3.05) is 13.2 Å². The molecule has 24 heavy (non-hydrogen) atoms. The van der Waals surface area contributed by atoms with Crippen LogP contribution in [0.5, 0.6) is 11.5 Å². The standard InChI is InChI=1S/C19H19NO3S/c1-13-18(21)20(12-14-5-3-2-4-6-14)19(24-13)15-7-8-16-17(11-15)23-10-9-22-16/h2-8,11,13,19H,9-10,12H2,1H3/t13-,19-/m1/s1. The van der Waals surface area contributed by atoms with Crippen LogP contribution in [0.2, 0.25) is 0 Å². The predicted molar refractivity (Wildman–Crippen MR) is 94.2 cm³/mol. The first-order chi connectivity index (χ1) is 11.7. The van der Waals surface area contributed by atoms with Crippen molar-refractivity contribution in [1.82, 2.24) is 4.90 Å². The van der Waals surface area contributed by atoms with E-state index in [0.717, 1.165) is 22.6 Å². The van der Waals surface area contributed by atoms with E-state index in [9.17, 15) is 4.79 Å². The summed E-state index contributed by atoms with van der Waals surface area (Å²) < 4.78 is 11.3. The minimum Gasteiger partial charge on any atom is -0.486 e. The van der Waals surface area contributed by atoms with Crippen LogP contribution in [0.15, 0.2) is 48.5 Å². The number of rotatable bonds is 3. The maximum absolute atomic E-state index is 12.6. The van der Waals surface area contributed by atoms with Crippen molar-refractivity contribution < 1.29 is 14.3 Å². The van der Waals surface area contributed by atoms with Crippen molar-refractivity contribution in [3.63, 3.8) is 0 Å². The Morgan fingerprint density at radius 1 is 1.08 bits per heavy atom. The minimum absolute atomic E-state index is 0.00327. The van der Waals surface area contributed by atoms with Crippen molar-refractivity contribution in [3.05, 3.63) is 59.7 Å². The molecule has 1 fully saturated rings. The van der Waals surface area contributed by atoms with E-state index in [1.807, 2.05) is 48.2 Å². The number of hydrogen-bond donors (Lipinski definition) is 0. The van der Waals surface area contributed by atoms with Crippen LogP contribution in [0.1, 0.15) is 23.4 Å². The number of thioether (sulfide) groups is 1. The molecule has 1 saturated heterocycles. The van der Waals surface area contributed by atoms with Gasteiger partial charge in [-0.2, -0.15) is 0 Å². The molecule has 0 aliphatic carbocycles. The quantitative estimate of drug-likeness (QED) is 0.855. The number of fused-ring (bicyclic) bond motifs is 1. The molecule has 2 aliphatic heterocycles. The molecule has 0 radical (unpaired) electrons. The Balaban J connectivity index is 1.63. The third kappa shape index (κ3) is 2.84. The molecule has 0 saturated carbocycles. The number of hydrogen-bond acceptors (Lipinski definition) is 4. The lowest BCUT2D eigenvalue weighted by Crippen LogP contribution is -2.29. The van der Waals surface area contributed by atoms with Crippen LogP contribution in [0.3, 0.4) is 0 Å². The van der Waals surface area contributed by atoms with E-state index in [4.69, 9.17) is 9.47 Å². The molecule has 2 heterocycles.